The molecule has 0 rings (SSSR count). The average Bonchev–Trinajstić information content (AvgIpc) is 2.47. The van der Waals surface area contributed by atoms with E-state index in [0.717, 1.165) is 10.7 Å². The first kappa shape index (κ1) is 21.9. The summed E-state index contributed by atoms with van der Waals surface area (Å²) in [5.41, 5.74) is 7.13. The molecule has 0 radical (unpaired) electrons. The highest BCUT2D eigenvalue weighted by Gasteiger charge is 2.25. The number of carbonyl (C=O) groups excluding carboxylic acids is 1. The molecule has 0 saturated heterocycles. The van der Waals surface area contributed by atoms with Crippen LogP contribution in [0.4, 0.5) is 4.79 Å². The molecule has 23 heavy (non-hydrogen) atoms. The van der Waals surface area contributed by atoms with Gasteiger partial charge in [0.05, 0.1) is 6.61 Å². The number of unbranched alkanes of at least 4 members (excludes halogenated alkanes) is 2. The van der Waals surface area contributed by atoms with Crippen molar-refractivity contribution in [2.75, 3.05) is 39.6 Å². The minimum absolute atomic E-state index is 0.215. The molecule has 0 aliphatic heterocycles. The van der Waals surface area contributed by atoms with Crippen LogP contribution < -0.4 is 0 Å². The van der Waals surface area contributed by atoms with Crippen molar-refractivity contribution in [3.63, 3.8) is 0 Å². The van der Waals surface area contributed by atoms with Crippen molar-refractivity contribution < 1.29 is 22.7 Å². The van der Waals surface area contributed by atoms with Gasteiger partial charge in [-0.1, -0.05) is 11.5 Å². The lowest BCUT2D eigenvalue weighted by molar-refractivity contribution is 0.125. The van der Waals surface area contributed by atoms with E-state index >= 15 is 0 Å². The summed E-state index contributed by atoms with van der Waals surface area (Å²) < 4.78 is 35.2. The molecule has 1 atom stereocenters. The number of rotatable bonds is 13. The van der Waals surface area contributed by atoms with Crippen molar-refractivity contribution in [1.82, 2.24) is 4.31 Å². The minimum Gasteiger partial charge on any atom is -0.449 e. The fourth-order valence-electron chi connectivity index (χ4n) is 1.80. The molecule has 0 amide bonds. The quantitative estimate of drug-likeness (QED) is 0.162. The minimum atomic E-state index is -3.58. The Bertz CT molecular complexity index is 496. The molecule has 0 aliphatic rings. The van der Waals surface area contributed by atoms with Gasteiger partial charge in [0, 0.05) is 43.8 Å². The van der Waals surface area contributed by atoms with Crippen molar-refractivity contribution in [2.24, 2.45) is 5.11 Å². The Kier molecular flexibility index (Phi) is 11.8. The smallest absolute Gasteiger partial charge is 0.404 e. The molecule has 0 aromatic heterocycles. The van der Waals surface area contributed by atoms with E-state index in [9.17, 15) is 13.2 Å². The molecule has 9 nitrogen and oxygen atoms in total. The molecule has 0 aliphatic carbocycles. The number of halogens is 1. The molecule has 0 N–H and O–H groups in total. The maximum atomic E-state index is 12.2. The molecule has 0 fully saturated rings. The Labute approximate surface area is 141 Å². The third-order valence-electron chi connectivity index (χ3n) is 3.09. The van der Waals surface area contributed by atoms with Crippen molar-refractivity contribution in [3.05, 3.63) is 10.4 Å². The monoisotopic (exact) mass is 370 g/mol. The van der Waals surface area contributed by atoms with E-state index in [1.165, 1.54) is 14.2 Å². The summed E-state index contributed by atoms with van der Waals surface area (Å²) in [5, 5.41) is 3.41. The van der Waals surface area contributed by atoms with Crippen LogP contribution in [0.5, 0.6) is 0 Å². The van der Waals surface area contributed by atoms with E-state index in [1.807, 2.05) is 0 Å². The Balaban J connectivity index is 4.47. The van der Waals surface area contributed by atoms with E-state index in [-0.39, 0.29) is 18.9 Å². The first-order valence-electron chi connectivity index (χ1n) is 7.13. The Hall–Kier alpha value is -1.06. The van der Waals surface area contributed by atoms with Gasteiger partial charge < -0.3 is 9.47 Å². The first-order valence-corrected chi connectivity index (χ1v) is 9.12. The van der Waals surface area contributed by atoms with Gasteiger partial charge in [-0.3, -0.25) is 0 Å². The first-order chi connectivity index (χ1) is 10.8. The van der Waals surface area contributed by atoms with Crippen LogP contribution in [0.25, 0.3) is 10.4 Å². The number of hydrogen-bond acceptors (Lipinski definition) is 6. The number of carbonyl (C=O) groups is 1. The highest BCUT2D eigenvalue weighted by atomic mass is 35.5. The molecule has 0 aromatic rings. The van der Waals surface area contributed by atoms with Crippen LogP contribution in [0, 0.1) is 0 Å². The highest BCUT2D eigenvalue weighted by Crippen LogP contribution is 2.13. The standard InChI is InChI=1S/C12H23ClN4O5S/c1-17(8-9-21-2)23(19,20)10-11(22-12(13)18)6-4-3-5-7-15-16-14/h11H,3-10H2,1-2H3. The second kappa shape index (κ2) is 12.4. The zero-order valence-corrected chi connectivity index (χ0v) is 14.9. The molecule has 0 heterocycles. The fraction of sp³-hybridized carbons (Fsp3) is 0.917. The topological polar surface area (TPSA) is 122 Å². The maximum absolute atomic E-state index is 12.2. The molecular weight excluding hydrogens is 348 g/mol. The Morgan fingerprint density at radius 3 is 2.65 bits per heavy atom. The molecule has 0 saturated carbocycles. The van der Waals surface area contributed by atoms with Crippen LogP contribution in [-0.4, -0.2) is 63.9 Å². The van der Waals surface area contributed by atoms with E-state index in [4.69, 9.17) is 26.6 Å². The van der Waals surface area contributed by atoms with Crippen molar-refractivity contribution in [3.8, 4) is 0 Å². The number of ether oxygens (including phenoxy) is 2. The molecule has 0 bridgehead atoms. The van der Waals surface area contributed by atoms with Crippen LogP contribution in [0.2, 0.25) is 0 Å². The van der Waals surface area contributed by atoms with Crippen molar-refractivity contribution in [2.45, 2.75) is 31.8 Å². The largest absolute Gasteiger partial charge is 0.449 e. The van der Waals surface area contributed by atoms with Crippen molar-refractivity contribution in [1.29, 1.82) is 0 Å². The van der Waals surface area contributed by atoms with Crippen LogP contribution in [0.15, 0.2) is 5.11 Å². The molecule has 0 spiro atoms. The number of likely N-dealkylation sites (N-methyl/N-ethyl adjacent to an activating group) is 1. The van der Waals surface area contributed by atoms with Crippen LogP contribution in [0.1, 0.15) is 25.7 Å². The second-order valence-electron chi connectivity index (χ2n) is 4.87. The number of hydrogen-bond donors (Lipinski definition) is 0. The van der Waals surface area contributed by atoms with E-state index in [2.05, 4.69) is 10.0 Å². The van der Waals surface area contributed by atoms with Gasteiger partial charge in [-0.25, -0.2) is 17.5 Å². The van der Waals surface area contributed by atoms with Crippen LogP contribution in [0.3, 0.4) is 0 Å². The normalized spacial score (nSPS) is 12.7. The predicted octanol–water partition coefficient (Wildman–Crippen LogP) is 2.51. The second-order valence-corrected chi connectivity index (χ2v) is 7.30. The molecule has 1 unspecified atom stereocenters. The lowest BCUT2D eigenvalue weighted by Gasteiger charge is -2.21. The van der Waals surface area contributed by atoms with Gasteiger partial charge in [0.2, 0.25) is 10.0 Å². The number of azide groups is 1. The van der Waals surface area contributed by atoms with Crippen LogP contribution >= 0.6 is 11.6 Å². The van der Waals surface area contributed by atoms with Crippen molar-refractivity contribution >= 4 is 27.1 Å². The summed E-state index contributed by atoms with van der Waals surface area (Å²) >= 11 is 5.20. The Morgan fingerprint density at radius 1 is 1.39 bits per heavy atom. The SMILES string of the molecule is COCCN(C)S(=O)(=O)CC(CCCCCN=[N+]=[N-])OC(=O)Cl. The summed E-state index contributed by atoms with van der Waals surface area (Å²) in [4.78, 5) is 13.6. The summed E-state index contributed by atoms with van der Waals surface area (Å²) in [6, 6.07) is 0. The lowest BCUT2D eigenvalue weighted by atomic mass is 10.1. The van der Waals surface area contributed by atoms with Gasteiger partial charge in [-0.2, -0.15) is 0 Å². The van der Waals surface area contributed by atoms with Gasteiger partial charge in [-0.15, -0.1) is 0 Å². The summed E-state index contributed by atoms with van der Waals surface area (Å²) in [6.45, 7) is 0.871. The zero-order chi connectivity index (χ0) is 17.7. The average molecular weight is 371 g/mol. The lowest BCUT2D eigenvalue weighted by Crippen LogP contribution is -2.37. The fourth-order valence-corrected chi connectivity index (χ4v) is 3.24. The number of methoxy groups -OCH3 is 1. The predicted molar refractivity (Wildman–Crippen MR) is 86.9 cm³/mol. The highest BCUT2D eigenvalue weighted by molar-refractivity contribution is 7.89. The van der Waals surface area contributed by atoms with Gasteiger partial charge in [0.15, 0.2) is 0 Å². The number of sulfonamides is 1. The summed E-state index contributed by atoms with van der Waals surface area (Å²) in [6.07, 6.45) is 1.61. The van der Waals surface area contributed by atoms with Gasteiger partial charge in [0.1, 0.15) is 11.9 Å². The molecule has 11 heteroatoms. The third-order valence-corrected chi connectivity index (χ3v) is 5.10. The van der Waals surface area contributed by atoms with E-state index in [0.29, 0.717) is 25.8 Å². The third kappa shape index (κ3) is 11.2. The molecular formula is C12H23ClN4O5S. The molecule has 0 aromatic carbocycles. The summed E-state index contributed by atoms with van der Waals surface area (Å²) in [7, 11) is -0.658. The molecule has 134 valence electrons. The zero-order valence-electron chi connectivity index (χ0n) is 13.4. The Morgan fingerprint density at radius 2 is 2.09 bits per heavy atom. The van der Waals surface area contributed by atoms with Crippen LogP contribution in [-0.2, 0) is 19.5 Å². The van der Waals surface area contributed by atoms with E-state index < -0.39 is 21.6 Å². The van der Waals surface area contributed by atoms with Gasteiger partial charge >= 0.3 is 5.43 Å². The van der Waals surface area contributed by atoms with Gasteiger partial charge in [0.25, 0.3) is 0 Å². The van der Waals surface area contributed by atoms with E-state index in [1.54, 1.807) is 0 Å². The summed E-state index contributed by atoms with van der Waals surface area (Å²) in [5.74, 6) is -0.331. The van der Waals surface area contributed by atoms with Gasteiger partial charge in [-0.05, 0) is 24.8 Å². The number of nitrogens with zero attached hydrogens (tertiary/aromatic N) is 4. The maximum Gasteiger partial charge on any atom is 0.404 e.